The molecule has 0 aliphatic carbocycles. The summed E-state index contributed by atoms with van der Waals surface area (Å²) in [6.07, 6.45) is 9.36. The van der Waals surface area contributed by atoms with Gasteiger partial charge in [-0.05, 0) is 87.3 Å². The van der Waals surface area contributed by atoms with E-state index in [0.717, 1.165) is 80.7 Å². The van der Waals surface area contributed by atoms with Gasteiger partial charge in [0.15, 0.2) is 5.65 Å². The SMILES string of the molecule is O=C1CC[C@H](NC(=O)c2ccc(N3CCC(CN4CCC(n5cc6cc(NC(=O)c7ccnc8nc[nH]c78)c(N7CCC(F)CC7)cc6n5)CC4)CC3)cc2F)C(=O)N1. The van der Waals surface area contributed by atoms with E-state index in [-0.39, 0.29) is 36.3 Å². The van der Waals surface area contributed by atoms with Gasteiger partial charge < -0.3 is 30.3 Å². The molecule has 4 aliphatic rings. The molecule has 1 atom stereocenters. The Morgan fingerprint density at radius 1 is 0.847 bits per heavy atom. The third-order valence-electron chi connectivity index (χ3n) is 12.4. The van der Waals surface area contributed by atoms with Crippen LogP contribution in [0.1, 0.15) is 78.1 Å². The molecule has 0 saturated carbocycles. The van der Waals surface area contributed by atoms with Crippen molar-refractivity contribution >= 4 is 62.8 Å². The summed E-state index contributed by atoms with van der Waals surface area (Å²) in [7, 11) is 0. The fourth-order valence-electron chi connectivity index (χ4n) is 9.00. The lowest BCUT2D eigenvalue weighted by molar-refractivity contribution is -0.134. The minimum absolute atomic E-state index is 0.123. The van der Waals surface area contributed by atoms with Crippen LogP contribution >= 0.6 is 0 Å². The molecule has 4 N–H and O–H groups in total. The molecule has 308 valence electrons. The number of imide groups is 1. The van der Waals surface area contributed by atoms with Gasteiger partial charge in [-0.25, -0.2) is 18.7 Å². The Bertz CT molecular complexity index is 2390. The average molecular weight is 808 g/mol. The van der Waals surface area contributed by atoms with Gasteiger partial charge in [-0.2, -0.15) is 5.10 Å². The van der Waals surface area contributed by atoms with E-state index in [1.807, 2.05) is 12.1 Å². The van der Waals surface area contributed by atoms with Crippen LogP contribution in [-0.4, -0.2) is 111 Å². The van der Waals surface area contributed by atoms with Crippen LogP contribution in [0.25, 0.3) is 22.1 Å². The number of carbonyl (C=O) groups excluding carboxylic acids is 4. The number of alkyl halides is 1. The number of halogens is 2. The van der Waals surface area contributed by atoms with Crippen LogP contribution in [0.4, 0.5) is 25.8 Å². The van der Waals surface area contributed by atoms with Crippen LogP contribution in [0.3, 0.4) is 0 Å². The van der Waals surface area contributed by atoms with Gasteiger partial charge in [-0.3, -0.25) is 29.2 Å². The maximum Gasteiger partial charge on any atom is 0.258 e. The molecule has 7 heterocycles. The number of pyridine rings is 1. The molecule has 5 aromatic rings. The quantitative estimate of drug-likeness (QED) is 0.153. The van der Waals surface area contributed by atoms with Gasteiger partial charge in [0, 0.05) is 75.7 Å². The molecule has 9 rings (SSSR count). The molecular weight excluding hydrogens is 761 g/mol. The van der Waals surface area contributed by atoms with Crippen molar-refractivity contribution in [3.8, 4) is 0 Å². The fraction of sp³-hybridized carbons (Fsp3) is 0.452. The van der Waals surface area contributed by atoms with Crippen molar-refractivity contribution < 1.29 is 28.0 Å². The number of amides is 4. The van der Waals surface area contributed by atoms with Gasteiger partial charge in [0.05, 0.1) is 45.9 Å². The smallest absolute Gasteiger partial charge is 0.258 e. The Balaban J connectivity index is 0.800. The first-order valence-electron chi connectivity index (χ1n) is 20.6. The lowest BCUT2D eigenvalue weighted by Gasteiger charge is -2.38. The highest BCUT2D eigenvalue weighted by molar-refractivity contribution is 6.12. The number of rotatable bonds is 9. The van der Waals surface area contributed by atoms with Crippen molar-refractivity contribution in [1.82, 2.24) is 40.3 Å². The number of H-pyrrole nitrogens is 1. The highest BCUT2D eigenvalue weighted by Gasteiger charge is 2.31. The topological polar surface area (TPSA) is 173 Å². The monoisotopic (exact) mass is 807 g/mol. The summed E-state index contributed by atoms with van der Waals surface area (Å²) in [5, 5.41) is 13.8. The number of likely N-dealkylation sites (tertiary alicyclic amines) is 1. The highest BCUT2D eigenvalue weighted by Crippen LogP contribution is 2.36. The van der Waals surface area contributed by atoms with Crippen LogP contribution < -0.4 is 25.8 Å². The fourth-order valence-corrected chi connectivity index (χ4v) is 9.00. The van der Waals surface area contributed by atoms with Crippen molar-refractivity contribution in [3.05, 3.63) is 72.1 Å². The number of piperidine rings is 4. The number of aromatic amines is 1. The molecule has 59 heavy (non-hydrogen) atoms. The molecule has 4 saturated heterocycles. The number of fused-ring (bicyclic) bond motifs is 2. The molecule has 2 aromatic carbocycles. The normalized spacial score (nSPS) is 20.3. The molecule has 0 spiro atoms. The summed E-state index contributed by atoms with van der Waals surface area (Å²) >= 11 is 0. The number of benzene rings is 2. The molecule has 4 amide bonds. The van der Waals surface area contributed by atoms with Crippen molar-refractivity contribution in [2.75, 3.05) is 60.9 Å². The highest BCUT2D eigenvalue weighted by atomic mass is 19.1. The van der Waals surface area contributed by atoms with Crippen LogP contribution in [0.2, 0.25) is 0 Å². The number of carbonyl (C=O) groups is 4. The number of imidazole rings is 1. The van der Waals surface area contributed by atoms with Gasteiger partial charge in [-0.1, -0.05) is 0 Å². The van der Waals surface area contributed by atoms with E-state index in [9.17, 15) is 23.6 Å². The second-order valence-corrected chi connectivity index (χ2v) is 16.2. The lowest BCUT2D eigenvalue weighted by Crippen LogP contribution is -2.52. The first kappa shape index (κ1) is 38.5. The summed E-state index contributed by atoms with van der Waals surface area (Å²) in [6, 6.07) is 9.62. The third kappa shape index (κ3) is 8.20. The molecule has 4 aliphatic heterocycles. The van der Waals surface area contributed by atoms with Gasteiger partial charge in [0.2, 0.25) is 11.8 Å². The van der Waals surface area contributed by atoms with Crippen molar-refractivity contribution in [2.45, 2.75) is 69.6 Å². The Kier molecular flexibility index (Phi) is 10.7. The Hall–Kier alpha value is -5.97. The van der Waals surface area contributed by atoms with E-state index < -0.39 is 29.8 Å². The van der Waals surface area contributed by atoms with Crippen LogP contribution in [0.15, 0.2) is 55.1 Å². The van der Waals surface area contributed by atoms with Gasteiger partial charge >= 0.3 is 0 Å². The van der Waals surface area contributed by atoms with E-state index >= 15 is 4.39 Å². The zero-order valence-corrected chi connectivity index (χ0v) is 32.6. The molecule has 0 bridgehead atoms. The minimum Gasteiger partial charge on any atom is -0.371 e. The van der Waals surface area contributed by atoms with E-state index in [4.69, 9.17) is 5.10 Å². The summed E-state index contributed by atoms with van der Waals surface area (Å²) in [6.45, 7) is 5.58. The largest absolute Gasteiger partial charge is 0.371 e. The first-order chi connectivity index (χ1) is 28.6. The number of anilines is 3. The average Bonchev–Trinajstić information content (AvgIpc) is 3.90. The van der Waals surface area contributed by atoms with E-state index in [1.54, 1.807) is 18.3 Å². The Labute approximate surface area is 338 Å². The minimum atomic E-state index is -0.868. The van der Waals surface area contributed by atoms with Crippen molar-refractivity contribution in [1.29, 1.82) is 0 Å². The number of hydrogen-bond acceptors (Lipinski definition) is 10. The van der Waals surface area contributed by atoms with Gasteiger partial charge in [0.1, 0.15) is 18.0 Å². The van der Waals surface area contributed by atoms with Crippen molar-refractivity contribution in [2.24, 2.45) is 5.92 Å². The standard InChI is InChI=1S/C42H47F2N11O4/c43-27-8-17-54(18-9-27)36-21-34-26(19-35(36)49-41(58)31-5-12-45-39-38(31)46-24-47-39)23-55(51-34)28-10-13-52(14-11-28)22-25-6-15-53(16-7-25)29-1-2-30(32(44)20-29)40(57)48-33-3-4-37(56)50-42(33)59/h1-2,5,12,19-21,23-25,27-28,33H,3-4,6-11,13-18,22H2,(H,48,57)(H,49,58)(H,45,46,47)(H,50,56,59)/t33-/m0/s1. The predicted octanol–water partition coefficient (Wildman–Crippen LogP) is 4.73. The maximum atomic E-state index is 15.1. The second kappa shape index (κ2) is 16.4. The van der Waals surface area contributed by atoms with Crippen molar-refractivity contribution in [3.63, 3.8) is 0 Å². The maximum absolute atomic E-state index is 15.1. The lowest BCUT2D eigenvalue weighted by atomic mass is 9.94. The first-order valence-corrected chi connectivity index (χ1v) is 20.6. The number of nitrogens with zero attached hydrogens (tertiary/aromatic N) is 7. The molecular formula is C42H47F2N11O4. The summed E-state index contributed by atoms with van der Waals surface area (Å²) < 4.78 is 31.4. The summed E-state index contributed by atoms with van der Waals surface area (Å²) in [5.74, 6) is -2.05. The predicted molar refractivity (Wildman–Crippen MR) is 218 cm³/mol. The Morgan fingerprint density at radius 2 is 1.63 bits per heavy atom. The molecule has 3 aromatic heterocycles. The number of aromatic nitrogens is 5. The Morgan fingerprint density at radius 3 is 2.39 bits per heavy atom. The van der Waals surface area contributed by atoms with Crippen LogP contribution in [0, 0.1) is 11.7 Å². The third-order valence-corrected chi connectivity index (χ3v) is 12.4. The van der Waals surface area contributed by atoms with E-state index in [2.05, 4.69) is 56.5 Å². The molecule has 0 unspecified atom stereocenters. The van der Waals surface area contributed by atoms with Gasteiger partial charge in [-0.15, -0.1) is 0 Å². The zero-order chi connectivity index (χ0) is 40.6. The number of hydrogen-bond donors (Lipinski definition) is 4. The molecule has 17 heteroatoms. The molecule has 4 fully saturated rings. The molecule has 0 radical (unpaired) electrons. The summed E-state index contributed by atoms with van der Waals surface area (Å²) in [4.78, 5) is 68.1. The van der Waals surface area contributed by atoms with E-state index in [1.165, 1.54) is 18.5 Å². The molecule has 15 nitrogen and oxygen atoms in total. The summed E-state index contributed by atoms with van der Waals surface area (Å²) in [5.41, 5.74) is 4.37. The van der Waals surface area contributed by atoms with Crippen LogP contribution in [-0.2, 0) is 9.59 Å². The second-order valence-electron chi connectivity index (χ2n) is 16.2. The zero-order valence-electron chi connectivity index (χ0n) is 32.6. The number of nitrogens with one attached hydrogen (secondary N) is 4. The van der Waals surface area contributed by atoms with E-state index in [0.29, 0.717) is 54.3 Å². The van der Waals surface area contributed by atoms with Crippen LogP contribution in [0.5, 0.6) is 0 Å². The van der Waals surface area contributed by atoms with Gasteiger partial charge in [0.25, 0.3) is 11.8 Å².